The standard InChI is InChI=1S/C17H24N4O5S.ClH/c1-9(22)25-7-10-8-27-14-11(20-16-18-5-6-19-16)13(23)21(14)12(10)15(24)26-17(2,3)4;/h11,14H,5-8H2,1-4H3,(H2,18,19,20);1H/t11?,14-;/m1./s1. The van der Waals surface area contributed by atoms with Crippen molar-refractivity contribution >= 4 is 48.0 Å². The summed E-state index contributed by atoms with van der Waals surface area (Å²) in [6.45, 7) is 7.95. The van der Waals surface area contributed by atoms with Gasteiger partial charge in [-0.2, -0.15) is 0 Å². The second-order valence-corrected chi connectivity index (χ2v) is 8.53. The number of carbonyl (C=O) groups excluding carboxylic acids is 3. The molecule has 0 bridgehead atoms. The van der Waals surface area contributed by atoms with Crippen LogP contribution in [0.25, 0.3) is 0 Å². The van der Waals surface area contributed by atoms with E-state index in [0.717, 1.165) is 6.54 Å². The topological polar surface area (TPSA) is 109 Å². The quantitative estimate of drug-likeness (QED) is 0.485. The number of fused-ring (bicyclic) bond motifs is 1. The Bertz CT molecular complexity index is 734. The van der Waals surface area contributed by atoms with Gasteiger partial charge in [-0.3, -0.25) is 19.5 Å². The molecule has 3 aliphatic heterocycles. The van der Waals surface area contributed by atoms with Gasteiger partial charge in [0.15, 0.2) is 5.96 Å². The van der Waals surface area contributed by atoms with Gasteiger partial charge in [0.25, 0.3) is 5.91 Å². The zero-order valence-corrected chi connectivity index (χ0v) is 17.9. The normalized spacial score (nSPS) is 23.6. The fourth-order valence-corrected chi connectivity index (χ4v) is 4.27. The monoisotopic (exact) mass is 432 g/mol. The van der Waals surface area contributed by atoms with Gasteiger partial charge >= 0.3 is 11.9 Å². The highest BCUT2D eigenvalue weighted by atomic mass is 35.5. The average Bonchev–Trinajstić information content (AvgIpc) is 3.08. The first kappa shape index (κ1) is 22.4. The van der Waals surface area contributed by atoms with E-state index in [2.05, 4.69) is 15.6 Å². The molecule has 2 atom stereocenters. The van der Waals surface area contributed by atoms with Gasteiger partial charge in [0.2, 0.25) is 0 Å². The largest absolute Gasteiger partial charge is 0.461 e. The van der Waals surface area contributed by atoms with E-state index in [1.165, 1.54) is 23.6 Å². The third kappa shape index (κ3) is 4.72. The fourth-order valence-electron chi connectivity index (χ4n) is 2.94. The molecule has 28 heavy (non-hydrogen) atoms. The Morgan fingerprint density at radius 3 is 2.68 bits per heavy atom. The van der Waals surface area contributed by atoms with E-state index in [9.17, 15) is 14.4 Å². The van der Waals surface area contributed by atoms with Crippen molar-refractivity contribution < 1.29 is 23.9 Å². The zero-order valence-electron chi connectivity index (χ0n) is 16.2. The predicted molar refractivity (Wildman–Crippen MR) is 107 cm³/mol. The minimum absolute atomic E-state index is 0. The number of rotatable bonds is 4. The summed E-state index contributed by atoms with van der Waals surface area (Å²) in [7, 11) is 0. The van der Waals surface area contributed by atoms with Crippen molar-refractivity contribution in [1.29, 1.82) is 0 Å². The molecule has 0 spiro atoms. The Labute approximate surface area is 174 Å². The predicted octanol–water partition coefficient (Wildman–Crippen LogP) is 0.400. The van der Waals surface area contributed by atoms with Crippen LogP contribution in [-0.2, 0) is 23.9 Å². The number of guanidine groups is 1. The number of esters is 2. The minimum atomic E-state index is -0.704. The molecule has 11 heteroatoms. The number of nitrogens with zero attached hydrogens (tertiary/aromatic N) is 2. The minimum Gasteiger partial charge on any atom is -0.461 e. The molecule has 156 valence electrons. The molecule has 0 radical (unpaired) electrons. The summed E-state index contributed by atoms with van der Waals surface area (Å²) in [5.41, 5.74) is 0.0493. The highest BCUT2D eigenvalue weighted by Crippen LogP contribution is 2.41. The summed E-state index contributed by atoms with van der Waals surface area (Å²) in [5, 5.41) is 5.94. The van der Waals surface area contributed by atoms with Crippen LogP contribution in [0.5, 0.6) is 0 Å². The Balaban J connectivity index is 0.00000280. The molecule has 1 saturated heterocycles. The third-order valence-corrected chi connectivity index (χ3v) is 5.40. The van der Waals surface area contributed by atoms with E-state index in [1.807, 2.05) is 0 Å². The highest BCUT2D eigenvalue weighted by Gasteiger charge is 2.54. The first-order valence-corrected chi connectivity index (χ1v) is 9.80. The van der Waals surface area contributed by atoms with Gasteiger partial charge in [-0.1, -0.05) is 0 Å². The molecule has 1 fully saturated rings. The summed E-state index contributed by atoms with van der Waals surface area (Å²) in [6.07, 6.45) is 0. The van der Waals surface area contributed by atoms with Crippen LogP contribution in [0.1, 0.15) is 27.7 Å². The second kappa shape index (κ2) is 8.60. The van der Waals surface area contributed by atoms with Gasteiger partial charge in [-0.15, -0.1) is 24.2 Å². The lowest BCUT2D eigenvalue weighted by Gasteiger charge is -2.50. The van der Waals surface area contributed by atoms with E-state index >= 15 is 0 Å². The number of amides is 1. The van der Waals surface area contributed by atoms with Crippen LogP contribution in [0.3, 0.4) is 0 Å². The fraction of sp³-hybridized carbons (Fsp3) is 0.647. The van der Waals surface area contributed by atoms with E-state index in [-0.39, 0.29) is 36.0 Å². The summed E-state index contributed by atoms with van der Waals surface area (Å²) >= 11 is 1.51. The van der Waals surface area contributed by atoms with Gasteiger partial charge < -0.3 is 20.1 Å². The number of ether oxygens (including phenoxy) is 2. The molecule has 0 saturated carbocycles. The van der Waals surface area contributed by atoms with Gasteiger partial charge in [0.1, 0.15) is 29.3 Å². The van der Waals surface area contributed by atoms with Crippen molar-refractivity contribution in [3.8, 4) is 0 Å². The molecule has 0 aromatic heterocycles. The van der Waals surface area contributed by atoms with Crippen molar-refractivity contribution in [3.05, 3.63) is 11.3 Å². The Morgan fingerprint density at radius 1 is 1.39 bits per heavy atom. The molecular weight excluding hydrogens is 408 g/mol. The number of thioether (sulfide) groups is 1. The van der Waals surface area contributed by atoms with Crippen molar-refractivity contribution in [2.75, 3.05) is 25.4 Å². The summed E-state index contributed by atoms with van der Waals surface area (Å²) in [5.74, 6) is -0.197. The first-order valence-electron chi connectivity index (χ1n) is 8.75. The van der Waals surface area contributed by atoms with Crippen LogP contribution in [0, 0.1) is 0 Å². The molecule has 0 aromatic rings. The highest BCUT2D eigenvalue weighted by molar-refractivity contribution is 8.00. The molecule has 3 rings (SSSR count). The molecule has 1 amide bonds. The van der Waals surface area contributed by atoms with Crippen molar-refractivity contribution in [1.82, 2.24) is 15.5 Å². The molecule has 0 aliphatic carbocycles. The maximum absolute atomic E-state index is 12.8. The smallest absolute Gasteiger partial charge is 0.355 e. The SMILES string of the molecule is CC(=O)OCC1=C(C(=O)OC(C)(C)C)N2C(=O)C(NC3=NCCN3)[C@H]2SC1.Cl. The molecular formula is C17H25ClN4O5S. The molecule has 2 N–H and O–H groups in total. The van der Waals surface area contributed by atoms with E-state index in [4.69, 9.17) is 9.47 Å². The number of carbonyl (C=O) groups is 3. The molecule has 9 nitrogen and oxygen atoms in total. The lowest BCUT2D eigenvalue weighted by Crippen LogP contribution is -2.71. The number of aliphatic imine (C=N–C) groups is 1. The molecule has 0 aromatic carbocycles. The van der Waals surface area contributed by atoms with E-state index in [1.54, 1.807) is 20.8 Å². The number of halogens is 1. The van der Waals surface area contributed by atoms with Crippen LogP contribution in [0.2, 0.25) is 0 Å². The van der Waals surface area contributed by atoms with E-state index in [0.29, 0.717) is 23.8 Å². The maximum atomic E-state index is 12.8. The number of β-lactam (4-membered cyclic amide) rings is 1. The summed E-state index contributed by atoms with van der Waals surface area (Å²) in [4.78, 5) is 42.4. The Hall–Kier alpha value is -1.94. The van der Waals surface area contributed by atoms with Crippen LogP contribution < -0.4 is 10.6 Å². The Kier molecular flexibility index (Phi) is 6.87. The van der Waals surface area contributed by atoms with Gasteiger partial charge in [0.05, 0.1) is 6.54 Å². The van der Waals surface area contributed by atoms with Crippen molar-refractivity contribution in [2.45, 2.75) is 44.7 Å². The summed E-state index contributed by atoms with van der Waals surface area (Å²) in [6, 6.07) is -0.466. The van der Waals surface area contributed by atoms with Gasteiger partial charge in [-0.05, 0) is 20.8 Å². The summed E-state index contributed by atoms with van der Waals surface area (Å²) < 4.78 is 10.6. The average molecular weight is 433 g/mol. The van der Waals surface area contributed by atoms with Crippen LogP contribution in [0.15, 0.2) is 16.3 Å². The first-order chi connectivity index (χ1) is 12.7. The van der Waals surface area contributed by atoms with Crippen LogP contribution in [-0.4, -0.2) is 71.2 Å². The Morgan fingerprint density at radius 2 is 2.11 bits per heavy atom. The van der Waals surface area contributed by atoms with E-state index < -0.39 is 23.6 Å². The third-order valence-electron chi connectivity index (χ3n) is 4.06. The maximum Gasteiger partial charge on any atom is 0.355 e. The number of hydrogen-bond donors (Lipinski definition) is 2. The lowest BCUT2D eigenvalue weighted by atomic mass is 10.0. The number of hydrogen-bond acceptors (Lipinski definition) is 9. The van der Waals surface area contributed by atoms with Crippen LogP contribution >= 0.6 is 24.2 Å². The molecule has 1 unspecified atom stereocenters. The molecule has 3 heterocycles. The van der Waals surface area contributed by atoms with Gasteiger partial charge in [0, 0.05) is 24.8 Å². The lowest BCUT2D eigenvalue weighted by molar-refractivity contribution is -0.158. The van der Waals surface area contributed by atoms with Crippen molar-refractivity contribution in [3.63, 3.8) is 0 Å². The molecule has 3 aliphatic rings. The number of nitrogens with one attached hydrogen (secondary N) is 2. The van der Waals surface area contributed by atoms with Gasteiger partial charge in [-0.25, -0.2) is 4.79 Å². The zero-order chi connectivity index (χ0) is 19.8. The second-order valence-electron chi connectivity index (χ2n) is 7.42. The van der Waals surface area contributed by atoms with Crippen LogP contribution in [0.4, 0.5) is 0 Å². The van der Waals surface area contributed by atoms with Crippen molar-refractivity contribution in [2.24, 2.45) is 4.99 Å².